The lowest BCUT2D eigenvalue weighted by atomic mass is 10.1. The molecule has 0 bridgehead atoms. The van der Waals surface area contributed by atoms with E-state index < -0.39 is 23.7 Å². The summed E-state index contributed by atoms with van der Waals surface area (Å²) < 4.78 is 18.7. The Hall–Kier alpha value is -1.96. The highest BCUT2D eigenvalue weighted by atomic mass is 127. The van der Waals surface area contributed by atoms with Crippen LogP contribution in [0.25, 0.3) is 0 Å². The Kier molecular flexibility index (Phi) is 6.09. The molecule has 0 saturated heterocycles. The predicted octanol–water partition coefficient (Wildman–Crippen LogP) is 2.94. The number of esters is 1. The molecule has 4 nitrogen and oxygen atoms in total. The summed E-state index contributed by atoms with van der Waals surface area (Å²) in [6, 6.07) is 11.9. The Morgan fingerprint density at radius 1 is 1.17 bits per heavy atom. The number of carbonyl (C=O) groups is 2. The number of carbonyl (C=O) groups excluding carboxylic acids is 2. The smallest absolute Gasteiger partial charge is 0.328 e. The molecule has 0 saturated carbocycles. The number of halogens is 2. The summed E-state index contributed by atoms with van der Waals surface area (Å²) in [4.78, 5) is 24.2. The average Bonchev–Trinajstić information content (AvgIpc) is 2.56. The minimum Gasteiger partial charge on any atom is -0.467 e. The normalized spacial score (nSPS) is 11.6. The molecule has 2 aromatic carbocycles. The van der Waals surface area contributed by atoms with Gasteiger partial charge in [0.15, 0.2) is 0 Å². The zero-order chi connectivity index (χ0) is 16.8. The number of hydrogen-bond donors (Lipinski definition) is 1. The van der Waals surface area contributed by atoms with E-state index >= 15 is 0 Å². The molecule has 2 rings (SSSR count). The topological polar surface area (TPSA) is 55.4 Å². The highest BCUT2D eigenvalue weighted by Crippen LogP contribution is 2.14. The Morgan fingerprint density at radius 2 is 1.83 bits per heavy atom. The highest BCUT2D eigenvalue weighted by Gasteiger charge is 2.23. The van der Waals surface area contributed by atoms with Crippen LogP contribution in [0.4, 0.5) is 4.39 Å². The molecule has 0 aliphatic rings. The van der Waals surface area contributed by atoms with Gasteiger partial charge in [-0.3, -0.25) is 4.79 Å². The molecular formula is C17H15FINO3. The van der Waals surface area contributed by atoms with E-state index in [4.69, 9.17) is 4.74 Å². The van der Waals surface area contributed by atoms with E-state index in [1.165, 1.54) is 31.4 Å². The maximum absolute atomic E-state index is 12.9. The van der Waals surface area contributed by atoms with Crippen molar-refractivity contribution in [1.82, 2.24) is 5.32 Å². The molecule has 0 radical (unpaired) electrons. The van der Waals surface area contributed by atoms with Crippen LogP contribution >= 0.6 is 22.6 Å². The third kappa shape index (κ3) is 4.75. The van der Waals surface area contributed by atoms with Gasteiger partial charge in [-0.1, -0.05) is 18.2 Å². The molecule has 0 aromatic heterocycles. The Labute approximate surface area is 147 Å². The van der Waals surface area contributed by atoms with Crippen LogP contribution in [-0.4, -0.2) is 25.0 Å². The van der Waals surface area contributed by atoms with E-state index in [0.717, 1.165) is 9.13 Å². The number of methoxy groups -OCH3 is 1. The van der Waals surface area contributed by atoms with E-state index in [1.54, 1.807) is 0 Å². The minimum atomic E-state index is -0.812. The van der Waals surface area contributed by atoms with Crippen LogP contribution in [0.15, 0.2) is 48.5 Å². The zero-order valence-electron chi connectivity index (χ0n) is 12.4. The molecule has 0 heterocycles. The number of amides is 1. The second-order valence-electron chi connectivity index (χ2n) is 4.85. The SMILES string of the molecule is COC(=O)[C@@H](Cc1ccccc1I)NC(=O)c1ccc(F)cc1. The lowest BCUT2D eigenvalue weighted by molar-refractivity contribution is -0.142. The molecule has 0 unspecified atom stereocenters. The number of rotatable bonds is 5. The maximum atomic E-state index is 12.9. The summed E-state index contributed by atoms with van der Waals surface area (Å²) in [5, 5.41) is 2.64. The van der Waals surface area contributed by atoms with Crippen LogP contribution in [0, 0.1) is 9.39 Å². The fourth-order valence-corrected chi connectivity index (χ4v) is 2.67. The molecule has 1 N–H and O–H groups in total. The second kappa shape index (κ2) is 8.05. The van der Waals surface area contributed by atoms with E-state index in [-0.39, 0.29) is 5.56 Å². The Morgan fingerprint density at radius 3 is 2.43 bits per heavy atom. The lowest BCUT2D eigenvalue weighted by Crippen LogP contribution is -2.43. The predicted molar refractivity (Wildman–Crippen MR) is 92.5 cm³/mol. The molecule has 6 heteroatoms. The molecule has 0 fully saturated rings. The summed E-state index contributed by atoms with van der Waals surface area (Å²) in [5.41, 5.74) is 1.21. The number of hydrogen-bond acceptors (Lipinski definition) is 3. The fraction of sp³-hybridized carbons (Fsp3) is 0.176. The first-order valence-corrected chi connectivity index (χ1v) is 7.97. The van der Waals surface area contributed by atoms with Gasteiger partial charge in [0.2, 0.25) is 0 Å². The number of nitrogens with one attached hydrogen (secondary N) is 1. The van der Waals surface area contributed by atoms with Crippen molar-refractivity contribution in [2.45, 2.75) is 12.5 Å². The van der Waals surface area contributed by atoms with Crippen LogP contribution in [-0.2, 0) is 16.0 Å². The molecule has 23 heavy (non-hydrogen) atoms. The zero-order valence-corrected chi connectivity index (χ0v) is 14.5. The monoisotopic (exact) mass is 427 g/mol. The Bertz CT molecular complexity index is 703. The van der Waals surface area contributed by atoms with Crippen molar-refractivity contribution < 1.29 is 18.7 Å². The molecule has 1 amide bonds. The third-order valence-electron chi connectivity index (χ3n) is 3.28. The van der Waals surface area contributed by atoms with Gasteiger partial charge in [0.05, 0.1) is 7.11 Å². The first kappa shape index (κ1) is 17.4. The third-order valence-corrected chi connectivity index (χ3v) is 4.33. The first-order valence-electron chi connectivity index (χ1n) is 6.89. The second-order valence-corrected chi connectivity index (χ2v) is 6.01. The van der Waals surface area contributed by atoms with Crippen LogP contribution in [0.1, 0.15) is 15.9 Å². The van der Waals surface area contributed by atoms with E-state index in [9.17, 15) is 14.0 Å². The van der Waals surface area contributed by atoms with Crippen LogP contribution in [0.2, 0.25) is 0 Å². The van der Waals surface area contributed by atoms with Gasteiger partial charge in [0.25, 0.3) is 5.91 Å². The van der Waals surface area contributed by atoms with Crippen molar-refractivity contribution in [3.05, 3.63) is 69.0 Å². The fourth-order valence-electron chi connectivity index (χ4n) is 2.06. The van der Waals surface area contributed by atoms with Crippen molar-refractivity contribution in [3.8, 4) is 0 Å². The lowest BCUT2D eigenvalue weighted by Gasteiger charge is -2.17. The van der Waals surface area contributed by atoms with Crippen molar-refractivity contribution in [1.29, 1.82) is 0 Å². The minimum absolute atomic E-state index is 0.281. The van der Waals surface area contributed by atoms with Crippen molar-refractivity contribution >= 4 is 34.5 Å². The van der Waals surface area contributed by atoms with Gasteiger partial charge in [-0.15, -0.1) is 0 Å². The highest BCUT2D eigenvalue weighted by molar-refractivity contribution is 14.1. The molecule has 1 atom stereocenters. The van der Waals surface area contributed by atoms with Gasteiger partial charge in [-0.2, -0.15) is 0 Å². The summed E-state index contributed by atoms with van der Waals surface area (Å²) in [6.45, 7) is 0. The van der Waals surface area contributed by atoms with Crippen LogP contribution in [0.3, 0.4) is 0 Å². The molecule has 2 aromatic rings. The van der Waals surface area contributed by atoms with Crippen molar-refractivity contribution in [3.63, 3.8) is 0 Å². The van der Waals surface area contributed by atoms with Gasteiger partial charge in [0.1, 0.15) is 11.9 Å². The largest absolute Gasteiger partial charge is 0.467 e. The van der Waals surface area contributed by atoms with Gasteiger partial charge in [-0.05, 0) is 58.5 Å². The van der Waals surface area contributed by atoms with E-state index in [1.807, 2.05) is 24.3 Å². The van der Waals surface area contributed by atoms with Crippen molar-refractivity contribution in [2.24, 2.45) is 0 Å². The number of benzene rings is 2. The van der Waals surface area contributed by atoms with Gasteiger partial charge < -0.3 is 10.1 Å². The maximum Gasteiger partial charge on any atom is 0.328 e. The standard InChI is InChI=1S/C17H15FINO3/c1-23-17(22)15(10-12-4-2-3-5-14(12)19)20-16(21)11-6-8-13(18)9-7-11/h2-9,15H,10H2,1H3,(H,20,21)/t15-/m1/s1. The molecule has 0 spiro atoms. The van der Waals surface area contributed by atoms with Crippen LogP contribution < -0.4 is 5.32 Å². The molecule has 0 aliphatic heterocycles. The number of ether oxygens (including phenoxy) is 1. The van der Waals surface area contributed by atoms with Gasteiger partial charge >= 0.3 is 5.97 Å². The first-order chi connectivity index (χ1) is 11.0. The van der Waals surface area contributed by atoms with Gasteiger partial charge in [0, 0.05) is 15.6 Å². The quantitative estimate of drug-likeness (QED) is 0.590. The Balaban J connectivity index is 2.16. The average molecular weight is 427 g/mol. The van der Waals surface area contributed by atoms with Gasteiger partial charge in [-0.25, -0.2) is 9.18 Å². The molecule has 120 valence electrons. The summed E-state index contributed by atoms with van der Waals surface area (Å²) in [6.07, 6.45) is 0.318. The summed E-state index contributed by atoms with van der Waals surface area (Å²) >= 11 is 2.17. The van der Waals surface area contributed by atoms with Crippen molar-refractivity contribution in [2.75, 3.05) is 7.11 Å². The van der Waals surface area contributed by atoms with E-state index in [0.29, 0.717) is 6.42 Å². The van der Waals surface area contributed by atoms with Crippen LogP contribution in [0.5, 0.6) is 0 Å². The van der Waals surface area contributed by atoms with E-state index in [2.05, 4.69) is 27.9 Å². The summed E-state index contributed by atoms with van der Waals surface area (Å²) in [5.74, 6) is -1.41. The molecular weight excluding hydrogens is 412 g/mol. The molecule has 0 aliphatic carbocycles. The summed E-state index contributed by atoms with van der Waals surface area (Å²) in [7, 11) is 1.27.